The van der Waals surface area contributed by atoms with Crippen LogP contribution >= 0.6 is 23.1 Å². The molecule has 1 amide bonds. The Hall–Kier alpha value is -0.790. The van der Waals surface area contributed by atoms with Gasteiger partial charge in [0.15, 0.2) is 5.13 Å². The second-order valence-corrected chi connectivity index (χ2v) is 6.76. The number of hydrogen-bond acceptors (Lipinski definition) is 6. The highest BCUT2D eigenvalue weighted by Crippen LogP contribution is 2.33. The summed E-state index contributed by atoms with van der Waals surface area (Å²) in [5.74, 6) is 0.162. The molecule has 0 bridgehead atoms. The van der Waals surface area contributed by atoms with Gasteiger partial charge in [0.05, 0.1) is 28.4 Å². The summed E-state index contributed by atoms with van der Waals surface area (Å²) in [5, 5.41) is 0.447. The van der Waals surface area contributed by atoms with E-state index in [1.807, 2.05) is 18.7 Å². The SMILES string of the molecule is Cc1nc(N)sc1SC(C)C(=O)N1CCOCC1. The van der Waals surface area contributed by atoms with Crippen LogP contribution in [0, 0.1) is 6.92 Å². The van der Waals surface area contributed by atoms with Crippen LogP contribution in [0.4, 0.5) is 5.13 Å². The Bertz CT molecular complexity index is 430. The summed E-state index contributed by atoms with van der Waals surface area (Å²) in [6.45, 7) is 6.49. The molecule has 1 atom stereocenters. The number of nitrogens with zero attached hydrogens (tertiary/aromatic N) is 2. The number of thioether (sulfide) groups is 1. The number of morpholine rings is 1. The van der Waals surface area contributed by atoms with Crippen LogP contribution in [0.15, 0.2) is 4.21 Å². The first-order valence-corrected chi connectivity index (χ1v) is 7.53. The van der Waals surface area contributed by atoms with Gasteiger partial charge >= 0.3 is 0 Å². The fourth-order valence-corrected chi connectivity index (χ4v) is 4.00. The summed E-state index contributed by atoms with van der Waals surface area (Å²) in [4.78, 5) is 18.3. The summed E-state index contributed by atoms with van der Waals surface area (Å²) in [6, 6.07) is 0. The summed E-state index contributed by atoms with van der Waals surface area (Å²) >= 11 is 2.98. The zero-order valence-corrected chi connectivity index (χ0v) is 12.1. The molecular weight excluding hydrogens is 270 g/mol. The Labute approximate surface area is 115 Å². The number of ether oxygens (including phenoxy) is 1. The number of carbonyl (C=O) groups excluding carboxylic acids is 1. The summed E-state index contributed by atoms with van der Waals surface area (Å²) in [6.07, 6.45) is 0. The molecule has 7 heteroatoms. The van der Waals surface area contributed by atoms with Gasteiger partial charge in [-0.05, 0) is 13.8 Å². The lowest BCUT2D eigenvalue weighted by Gasteiger charge is -2.28. The van der Waals surface area contributed by atoms with E-state index in [4.69, 9.17) is 10.5 Å². The Kier molecular flexibility index (Phi) is 4.47. The number of amides is 1. The molecule has 2 rings (SSSR count). The Morgan fingerprint density at radius 2 is 2.22 bits per heavy atom. The normalized spacial score (nSPS) is 17.8. The minimum atomic E-state index is -0.110. The third kappa shape index (κ3) is 3.15. The van der Waals surface area contributed by atoms with Crippen LogP contribution in [-0.4, -0.2) is 47.3 Å². The van der Waals surface area contributed by atoms with Crippen molar-refractivity contribution >= 4 is 34.1 Å². The molecule has 1 unspecified atom stereocenters. The van der Waals surface area contributed by atoms with E-state index in [1.165, 1.54) is 23.1 Å². The Balaban J connectivity index is 1.96. The topological polar surface area (TPSA) is 68.5 Å². The van der Waals surface area contributed by atoms with E-state index in [-0.39, 0.29) is 11.2 Å². The quantitative estimate of drug-likeness (QED) is 0.851. The van der Waals surface area contributed by atoms with Gasteiger partial charge in [0, 0.05) is 13.1 Å². The van der Waals surface area contributed by atoms with Crippen LogP contribution in [0.1, 0.15) is 12.6 Å². The number of nitrogen functional groups attached to an aromatic ring is 1. The van der Waals surface area contributed by atoms with E-state index in [0.29, 0.717) is 31.4 Å². The molecule has 1 aromatic heterocycles. The first-order valence-electron chi connectivity index (χ1n) is 5.84. The molecule has 1 aliphatic rings. The zero-order chi connectivity index (χ0) is 13.1. The molecule has 2 N–H and O–H groups in total. The predicted octanol–water partition coefficient (Wildman–Crippen LogP) is 1.37. The van der Waals surface area contributed by atoms with Gasteiger partial charge < -0.3 is 15.4 Å². The van der Waals surface area contributed by atoms with Crippen molar-refractivity contribution in [1.29, 1.82) is 0 Å². The first-order chi connectivity index (χ1) is 8.58. The summed E-state index contributed by atoms with van der Waals surface area (Å²) in [5.41, 5.74) is 6.56. The van der Waals surface area contributed by atoms with E-state index in [1.54, 1.807) is 0 Å². The van der Waals surface area contributed by atoms with Crippen LogP contribution in [0.25, 0.3) is 0 Å². The molecule has 0 spiro atoms. The summed E-state index contributed by atoms with van der Waals surface area (Å²) < 4.78 is 6.27. The average molecular weight is 287 g/mol. The molecule has 5 nitrogen and oxygen atoms in total. The molecule has 100 valence electrons. The van der Waals surface area contributed by atoms with Crippen LogP contribution in [-0.2, 0) is 9.53 Å². The first kappa shape index (κ1) is 13.6. The predicted molar refractivity (Wildman–Crippen MR) is 74.0 cm³/mol. The van der Waals surface area contributed by atoms with E-state index >= 15 is 0 Å². The smallest absolute Gasteiger partial charge is 0.235 e. The molecule has 1 aliphatic heterocycles. The van der Waals surface area contributed by atoms with Crippen molar-refractivity contribution < 1.29 is 9.53 Å². The second kappa shape index (κ2) is 5.90. The van der Waals surface area contributed by atoms with Crippen molar-refractivity contribution in [3.05, 3.63) is 5.69 Å². The van der Waals surface area contributed by atoms with Gasteiger partial charge in [0.1, 0.15) is 0 Å². The number of anilines is 1. The lowest BCUT2D eigenvalue weighted by Crippen LogP contribution is -2.44. The van der Waals surface area contributed by atoms with Gasteiger partial charge in [-0.15, -0.1) is 11.8 Å². The molecular formula is C11H17N3O2S2. The van der Waals surface area contributed by atoms with Crippen LogP contribution < -0.4 is 5.73 Å². The van der Waals surface area contributed by atoms with Crippen LogP contribution in [0.2, 0.25) is 0 Å². The number of aryl methyl sites for hydroxylation is 1. The Morgan fingerprint density at radius 3 is 2.78 bits per heavy atom. The van der Waals surface area contributed by atoms with Gasteiger partial charge in [-0.2, -0.15) is 0 Å². The average Bonchev–Trinajstić information content (AvgIpc) is 2.68. The van der Waals surface area contributed by atoms with E-state index in [9.17, 15) is 4.79 Å². The maximum Gasteiger partial charge on any atom is 0.235 e. The molecule has 1 fully saturated rings. The van der Waals surface area contributed by atoms with Crippen molar-refractivity contribution in [3.63, 3.8) is 0 Å². The highest BCUT2D eigenvalue weighted by atomic mass is 32.2. The molecule has 0 saturated carbocycles. The summed E-state index contributed by atoms with van der Waals surface area (Å²) in [7, 11) is 0. The van der Waals surface area contributed by atoms with Crippen molar-refractivity contribution in [2.45, 2.75) is 23.3 Å². The molecule has 1 saturated heterocycles. The molecule has 0 aliphatic carbocycles. The lowest BCUT2D eigenvalue weighted by molar-refractivity contribution is -0.134. The maximum atomic E-state index is 12.2. The van der Waals surface area contributed by atoms with Crippen LogP contribution in [0.3, 0.4) is 0 Å². The molecule has 0 aromatic carbocycles. The monoisotopic (exact) mass is 287 g/mol. The van der Waals surface area contributed by atoms with E-state index in [0.717, 1.165) is 9.90 Å². The third-order valence-corrected chi connectivity index (χ3v) is 5.11. The fourth-order valence-electron chi connectivity index (χ4n) is 1.76. The standard InChI is InChI=1S/C11H17N3O2S2/c1-7-10(18-11(12)13-7)17-8(2)9(15)14-3-5-16-6-4-14/h8H,3-6H2,1-2H3,(H2,12,13). The number of rotatable bonds is 3. The van der Waals surface area contributed by atoms with Crippen molar-refractivity contribution in [2.24, 2.45) is 0 Å². The van der Waals surface area contributed by atoms with Gasteiger partial charge in [-0.3, -0.25) is 4.79 Å². The Morgan fingerprint density at radius 1 is 1.56 bits per heavy atom. The second-order valence-electron chi connectivity index (χ2n) is 4.12. The van der Waals surface area contributed by atoms with Crippen molar-refractivity contribution in [1.82, 2.24) is 9.88 Å². The third-order valence-electron chi connectivity index (χ3n) is 2.72. The van der Waals surface area contributed by atoms with E-state index < -0.39 is 0 Å². The minimum Gasteiger partial charge on any atom is -0.378 e. The maximum absolute atomic E-state index is 12.2. The molecule has 2 heterocycles. The number of carbonyl (C=O) groups is 1. The highest BCUT2D eigenvalue weighted by molar-refractivity contribution is 8.02. The fraction of sp³-hybridized carbons (Fsp3) is 0.636. The largest absolute Gasteiger partial charge is 0.378 e. The van der Waals surface area contributed by atoms with Gasteiger partial charge in [-0.1, -0.05) is 11.3 Å². The lowest BCUT2D eigenvalue weighted by atomic mass is 10.3. The number of nitrogens with two attached hydrogens (primary N) is 1. The molecule has 0 radical (unpaired) electrons. The highest BCUT2D eigenvalue weighted by Gasteiger charge is 2.24. The number of thiazole rings is 1. The van der Waals surface area contributed by atoms with Crippen LogP contribution in [0.5, 0.6) is 0 Å². The van der Waals surface area contributed by atoms with Gasteiger partial charge in [0.2, 0.25) is 5.91 Å². The van der Waals surface area contributed by atoms with Gasteiger partial charge in [-0.25, -0.2) is 4.98 Å². The van der Waals surface area contributed by atoms with Crippen molar-refractivity contribution in [3.8, 4) is 0 Å². The minimum absolute atomic E-state index is 0.110. The number of hydrogen-bond donors (Lipinski definition) is 1. The van der Waals surface area contributed by atoms with Crippen molar-refractivity contribution in [2.75, 3.05) is 32.0 Å². The van der Waals surface area contributed by atoms with Gasteiger partial charge in [0.25, 0.3) is 0 Å². The molecule has 18 heavy (non-hydrogen) atoms. The van der Waals surface area contributed by atoms with E-state index in [2.05, 4.69) is 4.98 Å². The zero-order valence-electron chi connectivity index (χ0n) is 10.5. The number of aromatic nitrogens is 1. The molecule has 1 aromatic rings.